The summed E-state index contributed by atoms with van der Waals surface area (Å²) < 4.78 is 6.91. The lowest BCUT2D eigenvalue weighted by Gasteiger charge is -2.19. The summed E-state index contributed by atoms with van der Waals surface area (Å²) in [6.07, 6.45) is 2.26. The monoisotopic (exact) mass is 447 g/mol. The molecular weight excluding hydrogens is 418 g/mol. The molecule has 8 heteroatoms. The van der Waals surface area contributed by atoms with E-state index >= 15 is 0 Å². The largest absolute Gasteiger partial charge is 0.497 e. The van der Waals surface area contributed by atoms with Gasteiger partial charge in [0.2, 0.25) is 11.8 Å². The van der Waals surface area contributed by atoms with Crippen molar-refractivity contribution in [1.82, 2.24) is 14.7 Å². The van der Waals surface area contributed by atoms with Gasteiger partial charge in [-0.1, -0.05) is 25.1 Å². The van der Waals surface area contributed by atoms with Crippen LogP contribution in [0.2, 0.25) is 0 Å². The van der Waals surface area contributed by atoms with E-state index in [4.69, 9.17) is 9.84 Å². The molecule has 4 rings (SSSR count). The van der Waals surface area contributed by atoms with Gasteiger partial charge in [-0.2, -0.15) is 5.10 Å². The molecule has 8 nitrogen and oxygen atoms in total. The molecule has 1 heterocycles. The highest BCUT2D eigenvalue weighted by Gasteiger charge is 2.28. The smallest absolute Gasteiger partial charge is 0.239 e. The SMILES string of the molecule is CCN(CC(=O)Nc1ccc(OC)cc1)CC(=O)Nc1cc(C2CC2)nn1-c1ccccc1. The topological polar surface area (TPSA) is 88.5 Å². The van der Waals surface area contributed by atoms with Crippen molar-refractivity contribution in [3.8, 4) is 11.4 Å². The predicted molar refractivity (Wildman–Crippen MR) is 128 cm³/mol. The van der Waals surface area contributed by atoms with Crippen molar-refractivity contribution in [2.45, 2.75) is 25.7 Å². The Hall–Kier alpha value is -3.65. The van der Waals surface area contributed by atoms with Gasteiger partial charge in [-0.3, -0.25) is 14.5 Å². The van der Waals surface area contributed by atoms with Gasteiger partial charge in [0.25, 0.3) is 0 Å². The lowest BCUT2D eigenvalue weighted by molar-refractivity contribution is -0.119. The number of para-hydroxylation sites is 1. The molecule has 0 bridgehead atoms. The van der Waals surface area contributed by atoms with Crippen LogP contribution in [0.4, 0.5) is 11.5 Å². The number of nitrogens with one attached hydrogen (secondary N) is 2. The summed E-state index contributed by atoms with van der Waals surface area (Å²) in [6.45, 7) is 2.70. The Kier molecular flexibility index (Phi) is 7.04. The number of amides is 2. The van der Waals surface area contributed by atoms with Crippen LogP contribution in [-0.2, 0) is 9.59 Å². The zero-order valence-electron chi connectivity index (χ0n) is 19.0. The molecular formula is C25H29N5O3. The van der Waals surface area contributed by atoms with Crippen LogP contribution in [0.5, 0.6) is 5.75 Å². The second-order valence-corrected chi connectivity index (χ2v) is 8.10. The average Bonchev–Trinajstić information content (AvgIpc) is 3.60. The Balaban J connectivity index is 1.37. The number of rotatable bonds is 10. The molecule has 2 aromatic carbocycles. The number of ether oxygens (including phenoxy) is 1. The van der Waals surface area contributed by atoms with Crippen LogP contribution in [0.15, 0.2) is 60.7 Å². The molecule has 2 N–H and O–H groups in total. The number of anilines is 2. The third-order valence-electron chi connectivity index (χ3n) is 5.55. The maximum atomic E-state index is 12.8. The van der Waals surface area contributed by atoms with Crippen LogP contribution in [0, 0.1) is 0 Å². The van der Waals surface area contributed by atoms with Gasteiger partial charge < -0.3 is 15.4 Å². The second kappa shape index (κ2) is 10.3. The van der Waals surface area contributed by atoms with E-state index in [1.165, 1.54) is 0 Å². The molecule has 0 saturated heterocycles. The molecule has 0 aliphatic heterocycles. The molecule has 1 aliphatic rings. The molecule has 1 fully saturated rings. The van der Waals surface area contributed by atoms with Gasteiger partial charge in [0.15, 0.2) is 0 Å². The average molecular weight is 448 g/mol. The Labute approximate surface area is 193 Å². The van der Waals surface area contributed by atoms with Crippen molar-refractivity contribution >= 4 is 23.3 Å². The van der Waals surface area contributed by atoms with E-state index in [1.807, 2.05) is 43.3 Å². The Morgan fingerprint density at radius 3 is 2.30 bits per heavy atom. The summed E-state index contributed by atoms with van der Waals surface area (Å²) in [5.74, 6) is 1.47. The number of nitrogens with zero attached hydrogens (tertiary/aromatic N) is 3. The van der Waals surface area contributed by atoms with Gasteiger partial charge in [-0.15, -0.1) is 0 Å². The zero-order valence-corrected chi connectivity index (χ0v) is 19.0. The van der Waals surface area contributed by atoms with Crippen LogP contribution < -0.4 is 15.4 Å². The highest BCUT2D eigenvalue weighted by Crippen LogP contribution is 2.40. The lowest BCUT2D eigenvalue weighted by atomic mass is 10.3. The molecule has 1 aliphatic carbocycles. The first-order chi connectivity index (χ1) is 16.1. The van der Waals surface area contributed by atoms with Crippen molar-refractivity contribution < 1.29 is 14.3 Å². The molecule has 0 radical (unpaired) electrons. The summed E-state index contributed by atoms with van der Waals surface area (Å²) in [5.41, 5.74) is 2.58. The Morgan fingerprint density at radius 2 is 1.70 bits per heavy atom. The normalized spacial score (nSPS) is 13.1. The Bertz CT molecular complexity index is 1090. The van der Waals surface area contributed by atoms with Crippen molar-refractivity contribution in [3.05, 3.63) is 66.4 Å². The van der Waals surface area contributed by atoms with E-state index in [0.717, 1.165) is 30.0 Å². The maximum Gasteiger partial charge on any atom is 0.239 e. The zero-order chi connectivity index (χ0) is 23.2. The maximum absolute atomic E-state index is 12.8. The number of benzene rings is 2. The molecule has 0 unspecified atom stereocenters. The van der Waals surface area contributed by atoms with Gasteiger partial charge in [0.05, 0.1) is 31.6 Å². The minimum atomic E-state index is -0.187. The number of carbonyl (C=O) groups is 2. The number of hydrogen-bond donors (Lipinski definition) is 2. The predicted octanol–water partition coefficient (Wildman–Crippen LogP) is 3.66. The number of aromatic nitrogens is 2. The third-order valence-corrected chi connectivity index (χ3v) is 5.55. The minimum Gasteiger partial charge on any atom is -0.497 e. The van der Waals surface area contributed by atoms with Gasteiger partial charge in [0, 0.05) is 17.7 Å². The van der Waals surface area contributed by atoms with Gasteiger partial charge in [0.1, 0.15) is 11.6 Å². The third kappa shape index (κ3) is 5.98. The lowest BCUT2D eigenvalue weighted by Crippen LogP contribution is -2.38. The fourth-order valence-corrected chi connectivity index (χ4v) is 3.58. The van der Waals surface area contributed by atoms with E-state index < -0.39 is 0 Å². The van der Waals surface area contributed by atoms with Crippen LogP contribution >= 0.6 is 0 Å². The standard InChI is InChI=1S/C25H29N5O3/c1-3-29(16-24(31)26-19-11-13-21(33-2)14-12-19)17-25(32)27-23-15-22(18-9-10-18)28-30(23)20-7-5-4-6-8-20/h4-8,11-15,18H,3,9-10,16-17H2,1-2H3,(H,26,31)(H,27,32). The van der Waals surface area contributed by atoms with E-state index in [9.17, 15) is 9.59 Å². The van der Waals surface area contributed by atoms with Gasteiger partial charge in [-0.25, -0.2) is 4.68 Å². The number of hydrogen-bond acceptors (Lipinski definition) is 5. The molecule has 1 saturated carbocycles. The first-order valence-corrected chi connectivity index (χ1v) is 11.2. The van der Waals surface area contributed by atoms with Crippen LogP contribution in [0.25, 0.3) is 5.69 Å². The molecule has 1 aromatic heterocycles. The van der Waals surface area contributed by atoms with Gasteiger partial charge >= 0.3 is 0 Å². The van der Waals surface area contributed by atoms with E-state index in [-0.39, 0.29) is 24.9 Å². The molecule has 33 heavy (non-hydrogen) atoms. The summed E-state index contributed by atoms with van der Waals surface area (Å²) >= 11 is 0. The van der Waals surface area contributed by atoms with Crippen molar-refractivity contribution in [2.75, 3.05) is 37.4 Å². The van der Waals surface area contributed by atoms with Crippen molar-refractivity contribution in [3.63, 3.8) is 0 Å². The fourth-order valence-electron chi connectivity index (χ4n) is 3.58. The molecule has 0 spiro atoms. The van der Waals surface area contributed by atoms with Crippen molar-refractivity contribution in [2.24, 2.45) is 0 Å². The van der Waals surface area contributed by atoms with Crippen LogP contribution in [0.1, 0.15) is 31.4 Å². The molecule has 172 valence electrons. The number of methoxy groups -OCH3 is 1. The van der Waals surface area contributed by atoms with E-state index in [0.29, 0.717) is 24.0 Å². The first kappa shape index (κ1) is 22.5. The van der Waals surface area contributed by atoms with E-state index in [2.05, 4.69) is 10.6 Å². The highest BCUT2D eigenvalue weighted by atomic mass is 16.5. The Morgan fingerprint density at radius 1 is 1.03 bits per heavy atom. The van der Waals surface area contributed by atoms with E-state index in [1.54, 1.807) is 41.0 Å². The number of likely N-dealkylation sites (N-methyl/N-ethyl adjacent to an activating group) is 1. The quantitative estimate of drug-likeness (QED) is 0.495. The summed E-state index contributed by atoms with van der Waals surface area (Å²) in [4.78, 5) is 27.1. The second-order valence-electron chi connectivity index (χ2n) is 8.10. The highest BCUT2D eigenvalue weighted by molar-refractivity contribution is 5.94. The van der Waals surface area contributed by atoms with Crippen molar-refractivity contribution in [1.29, 1.82) is 0 Å². The first-order valence-electron chi connectivity index (χ1n) is 11.2. The van der Waals surface area contributed by atoms with Crippen LogP contribution in [-0.4, -0.2) is 53.2 Å². The van der Waals surface area contributed by atoms with Crippen LogP contribution in [0.3, 0.4) is 0 Å². The summed E-state index contributed by atoms with van der Waals surface area (Å²) in [6, 6.07) is 18.8. The van der Waals surface area contributed by atoms with Gasteiger partial charge in [-0.05, 0) is 55.8 Å². The molecule has 2 amide bonds. The summed E-state index contributed by atoms with van der Waals surface area (Å²) in [5, 5.41) is 10.6. The summed E-state index contributed by atoms with van der Waals surface area (Å²) in [7, 11) is 1.59. The number of carbonyl (C=O) groups excluding carboxylic acids is 2. The fraction of sp³-hybridized carbons (Fsp3) is 0.320. The minimum absolute atomic E-state index is 0.102. The molecule has 0 atom stereocenters. The molecule has 3 aromatic rings.